The van der Waals surface area contributed by atoms with E-state index in [0.717, 1.165) is 5.56 Å². The quantitative estimate of drug-likeness (QED) is 0.447. The van der Waals surface area contributed by atoms with Gasteiger partial charge in [0.1, 0.15) is 13.2 Å². The van der Waals surface area contributed by atoms with Crippen LogP contribution in [0.2, 0.25) is 0 Å². The van der Waals surface area contributed by atoms with Gasteiger partial charge in [0.2, 0.25) is 0 Å². The van der Waals surface area contributed by atoms with E-state index in [0.29, 0.717) is 5.57 Å². The van der Waals surface area contributed by atoms with Gasteiger partial charge in [0, 0.05) is 11.6 Å². The normalized spacial score (nSPS) is 10.2. The van der Waals surface area contributed by atoms with Crippen molar-refractivity contribution in [3.05, 3.63) is 54.1 Å². The summed E-state index contributed by atoms with van der Waals surface area (Å²) in [5.74, 6) is -0.967. The zero-order valence-electron chi connectivity index (χ0n) is 10.8. The summed E-state index contributed by atoms with van der Waals surface area (Å²) in [5, 5.41) is 0. The third kappa shape index (κ3) is 6.21. The van der Waals surface area contributed by atoms with Crippen molar-refractivity contribution in [3.8, 4) is 0 Å². The molecule has 0 atom stereocenters. The Kier molecular flexibility index (Phi) is 6.09. The molecule has 0 spiro atoms. The summed E-state index contributed by atoms with van der Waals surface area (Å²) in [7, 11) is 0. The molecule has 0 aliphatic heterocycles. The summed E-state index contributed by atoms with van der Waals surface area (Å²) in [5.41, 5.74) is 1.23. The van der Waals surface area contributed by atoms with E-state index < -0.39 is 11.9 Å². The van der Waals surface area contributed by atoms with Crippen LogP contribution in [0.25, 0.3) is 6.08 Å². The van der Waals surface area contributed by atoms with Crippen LogP contribution in [-0.4, -0.2) is 25.2 Å². The third-order valence-corrected chi connectivity index (χ3v) is 2.12. The van der Waals surface area contributed by atoms with Gasteiger partial charge in [-0.15, -0.1) is 0 Å². The molecule has 4 heteroatoms. The number of ether oxygens (including phenoxy) is 2. The first-order chi connectivity index (χ1) is 9.09. The van der Waals surface area contributed by atoms with Crippen molar-refractivity contribution >= 4 is 18.0 Å². The van der Waals surface area contributed by atoms with Crippen LogP contribution in [0.3, 0.4) is 0 Å². The van der Waals surface area contributed by atoms with Gasteiger partial charge in [-0.05, 0) is 18.6 Å². The predicted octanol–water partition coefficient (Wildman–Crippen LogP) is 2.36. The molecule has 0 saturated carbocycles. The number of rotatable bonds is 6. The number of carbonyl (C=O) groups is 2. The third-order valence-electron chi connectivity index (χ3n) is 2.12. The molecule has 1 aromatic rings. The maximum Gasteiger partial charge on any atom is 0.333 e. The second kappa shape index (κ2) is 7.87. The van der Waals surface area contributed by atoms with Crippen molar-refractivity contribution in [2.75, 3.05) is 13.2 Å². The van der Waals surface area contributed by atoms with Crippen LogP contribution >= 0.6 is 0 Å². The molecule has 4 nitrogen and oxygen atoms in total. The van der Waals surface area contributed by atoms with Crippen LogP contribution in [0.5, 0.6) is 0 Å². The number of hydrogen-bond donors (Lipinski definition) is 0. The van der Waals surface area contributed by atoms with Gasteiger partial charge in [-0.2, -0.15) is 0 Å². The summed E-state index contributed by atoms with van der Waals surface area (Å²) in [6, 6.07) is 9.40. The van der Waals surface area contributed by atoms with Gasteiger partial charge in [0.05, 0.1) is 0 Å². The fourth-order valence-electron chi connectivity index (χ4n) is 1.18. The Morgan fingerprint density at radius 2 is 1.79 bits per heavy atom. The van der Waals surface area contributed by atoms with Crippen molar-refractivity contribution in [2.24, 2.45) is 0 Å². The second-order valence-corrected chi connectivity index (χ2v) is 3.83. The fourth-order valence-corrected chi connectivity index (χ4v) is 1.18. The zero-order valence-corrected chi connectivity index (χ0v) is 10.8. The first-order valence-corrected chi connectivity index (χ1v) is 5.82. The largest absolute Gasteiger partial charge is 0.459 e. The SMILES string of the molecule is C=C(C)C(=O)OCCOC(=O)/C=C/c1ccccc1. The zero-order chi connectivity index (χ0) is 14.1. The van der Waals surface area contributed by atoms with Crippen LogP contribution < -0.4 is 0 Å². The van der Waals surface area contributed by atoms with Gasteiger partial charge in [-0.1, -0.05) is 36.9 Å². The molecule has 1 rings (SSSR count). The Labute approximate surface area is 112 Å². The number of benzene rings is 1. The minimum absolute atomic E-state index is 0.0244. The molecule has 0 saturated heterocycles. The van der Waals surface area contributed by atoms with Crippen molar-refractivity contribution < 1.29 is 19.1 Å². The van der Waals surface area contributed by atoms with E-state index in [-0.39, 0.29) is 13.2 Å². The summed E-state index contributed by atoms with van der Waals surface area (Å²) >= 11 is 0. The predicted molar refractivity (Wildman–Crippen MR) is 72.2 cm³/mol. The van der Waals surface area contributed by atoms with E-state index in [1.54, 1.807) is 13.0 Å². The van der Waals surface area contributed by atoms with Crippen molar-refractivity contribution in [1.82, 2.24) is 0 Å². The van der Waals surface area contributed by atoms with Crippen LogP contribution in [0.4, 0.5) is 0 Å². The lowest BCUT2D eigenvalue weighted by atomic mass is 10.2. The van der Waals surface area contributed by atoms with E-state index in [1.165, 1.54) is 6.08 Å². The molecule has 0 amide bonds. The summed E-state index contributed by atoms with van der Waals surface area (Å²) in [4.78, 5) is 22.3. The molecule has 0 bridgehead atoms. The molecular formula is C15H16O4. The smallest absolute Gasteiger partial charge is 0.333 e. The molecule has 0 aliphatic carbocycles. The summed E-state index contributed by atoms with van der Waals surface area (Å²) in [6.07, 6.45) is 2.98. The van der Waals surface area contributed by atoms with Crippen molar-refractivity contribution in [1.29, 1.82) is 0 Å². The Balaban J connectivity index is 2.24. The molecular weight excluding hydrogens is 244 g/mol. The van der Waals surface area contributed by atoms with Gasteiger partial charge < -0.3 is 9.47 Å². The van der Waals surface area contributed by atoms with E-state index in [1.807, 2.05) is 30.3 Å². The fraction of sp³-hybridized carbons (Fsp3) is 0.200. The Morgan fingerprint density at radius 3 is 2.42 bits per heavy atom. The molecule has 0 fully saturated rings. The van der Waals surface area contributed by atoms with E-state index in [2.05, 4.69) is 6.58 Å². The minimum Gasteiger partial charge on any atom is -0.459 e. The lowest BCUT2D eigenvalue weighted by Crippen LogP contribution is -2.12. The number of hydrogen-bond acceptors (Lipinski definition) is 4. The van der Waals surface area contributed by atoms with E-state index in [4.69, 9.17) is 9.47 Å². The van der Waals surface area contributed by atoms with E-state index >= 15 is 0 Å². The van der Waals surface area contributed by atoms with Crippen LogP contribution in [-0.2, 0) is 19.1 Å². The average molecular weight is 260 g/mol. The minimum atomic E-state index is -0.490. The van der Waals surface area contributed by atoms with Crippen molar-refractivity contribution in [2.45, 2.75) is 6.92 Å². The van der Waals surface area contributed by atoms with Gasteiger partial charge in [0.25, 0.3) is 0 Å². The maximum atomic E-state index is 11.3. The molecule has 0 aliphatic rings. The first-order valence-electron chi connectivity index (χ1n) is 5.82. The highest BCUT2D eigenvalue weighted by atomic mass is 16.6. The molecule has 0 N–H and O–H groups in total. The molecule has 0 heterocycles. The lowest BCUT2D eigenvalue weighted by molar-refractivity contribution is -0.146. The molecule has 100 valence electrons. The molecule has 0 aromatic heterocycles. The highest BCUT2D eigenvalue weighted by Gasteiger charge is 2.03. The first kappa shape index (κ1) is 14.7. The monoisotopic (exact) mass is 260 g/mol. The summed E-state index contributed by atoms with van der Waals surface area (Å²) < 4.78 is 9.64. The second-order valence-electron chi connectivity index (χ2n) is 3.83. The van der Waals surface area contributed by atoms with Gasteiger partial charge in [-0.25, -0.2) is 9.59 Å². The molecule has 0 unspecified atom stereocenters. The van der Waals surface area contributed by atoms with Crippen LogP contribution in [0, 0.1) is 0 Å². The molecule has 0 radical (unpaired) electrons. The maximum absolute atomic E-state index is 11.3. The van der Waals surface area contributed by atoms with Gasteiger partial charge in [0.15, 0.2) is 0 Å². The highest BCUT2D eigenvalue weighted by molar-refractivity contribution is 5.87. The number of carbonyl (C=O) groups excluding carboxylic acids is 2. The Hall–Kier alpha value is -2.36. The van der Waals surface area contributed by atoms with Crippen molar-refractivity contribution in [3.63, 3.8) is 0 Å². The van der Waals surface area contributed by atoms with Gasteiger partial charge >= 0.3 is 11.9 Å². The topological polar surface area (TPSA) is 52.6 Å². The molecule has 19 heavy (non-hydrogen) atoms. The van der Waals surface area contributed by atoms with Gasteiger partial charge in [-0.3, -0.25) is 0 Å². The van der Waals surface area contributed by atoms with Crippen LogP contribution in [0.15, 0.2) is 48.6 Å². The lowest BCUT2D eigenvalue weighted by Gasteiger charge is -2.04. The average Bonchev–Trinajstić information content (AvgIpc) is 2.42. The van der Waals surface area contributed by atoms with E-state index in [9.17, 15) is 9.59 Å². The summed E-state index contributed by atoms with van der Waals surface area (Å²) in [6.45, 7) is 5.04. The Morgan fingerprint density at radius 1 is 1.16 bits per heavy atom. The standard InChI is InChI=1S/C15H16O4/c1-12(2)15(17)19-11-10-18-14(16)9-8-13-6-4-3-5-7-13/h3-9H,1,10-11H2,2H3/b9-8+. The molecule has 1 aromatic carbocycles. The highest BCUT2D eigenvalue weighted by Crippen LogP contribution is 2.01. The Bertz CT molecular complexity index is 474. The van der Waals surface area contributed by atoms with Crippen LogP contribution in [0.1, 0.15) is 12.5 Å². The number of esters is 2.